The van der Waals surface area contributed by atoms with Crippen molar-refractivity contribution in [2.24, 2.45) is 4.99 Å². The Kier molecular flexibility index (Phi) is 1.95. The molecule has 1 nitrogen and oxygen atoms in total. The Balaban J connectivity index is 2.45. The molecule has 0 spiro atoms. The standard InChI is InChI=1S/C9H13NS/c1-2-5-9-8(4-1)10-6-3-7-11-9/h1-2,4-6H,3,7H2,11H4. The van der Waals surface area contributed by atoms with E-state index in [1.165, 1.54) is 22.8 Å². The minimum absolute atomic E-state index is 0.00287. The number of nitrogens with zero attached hydrogens (tertiary/aromatic N) is 1. The van der Waals surface area contributed by atoms with Gasteiger partial charge in [-0.05, 0) is 29.2 Å². The van der Waals surface area contributed by atoms with E-state index < -0.39 is 0 Å². The summed E-state index contributed by atoms with van der Waals surface area (Å²) in [7, 11) is 0. The molecule has 0 amide bonds. The quantitative estimate of drug-likeness (QED) is 0.559. The molecule has 0 unspecified atom stereocenters. The molecule has 0 atom stereocenters. The van der Waals surface area contributed by atoms with Crippen molar-refractivity contribution in [2.75, 3.05) is 5.75 Å². The molecule has 60 valence electrons. The van der Waals surface area contributed by atoms with E-state index >= 15 is 0 Å². The second kappa shape index (κ2) is 3.09. The van der Waals surface area contributed by atoms with E-state index in [1.807, 2.05) is 0 Å². The van der Waals surface area contributed by atoms with Crippen LogP contribution in [0.5, 0.6) is 0 Å². The minimum Gasteiger partial charge on any atom is -0.286 e. The molecule has 0 bridgehead atoms. The zero-order valence-electron chi connectivity index (χ0n) is 6.46. The second-order valence-corrected chi connectivity index (χ2v) is 4.80. The number of aliphatic imine (C=N–C) groups is 1. The number of hydrogen-bond donors (Lipinski definition) is 0. The Hall–Kier alpha value is -0.760. The molecule has 2 rings (SSSR count). The molecular weight excluding hydrogens is 154 g/mol. The fourth-order valence-corrected chi connectivity index (χ4v) is 2.93. The van der Waals surface area contributed by atoms with Crippen LogP contribution in [0.1, 0.15) is 6.42 Å². The molecule has 1 aliphatic rings. The summed E-state index contributed by atoms with van der Waals surface area (Å²) >= 11 is -0.00287. The van der Waals surface area contributed by atoms with Crippen molar-refractivity contribution in [1.82, 2.24) is 0 Å². The highest BCUT2D eigenvalue weighted by atomic mass is 32.2. The first-order chi connectivity index (χ1) is 5.47. The summed E-state index contributed by atoms with van der Waals surface area (Å²) in [6, 6.07) is 8.52. The highest BCUT2D eigenvalue weighted by Gasteiger charge is 1.98. The molecule has 1 aromatic rings. The highest BCUT2D eigenvalue weighted by molar-refractivity contribution is 7.99. The van der Waals surface area contributed by atoms with Gasteiger partial charge in [-0.15, -0.1) is 0 Å². The number of rotatable bonds is 0. The topological polar surface area (TPSA) is 12.4 Å². The van der Waals surface area contributed by atoms with Crippen molar-refractivity contribution in [1.29, 1.82) is 0 Å². The summed E-state index contributed by atoms with van der Waals surface area (Å²) in [5.74, 6) is 1.38. The van der Waals surface area contributed by atoms with E-state index in [0.717, 1.165) is 0 Å². The van der Waals surface area contributed by atoms with Crippen LogP contribution >= 0.6 is 11.8 Å². The average molecular weight is 167 g/mol. The monoisotopic (exact) mass is 167 g/mol. The summed E-state index contributed by atoms with van der Waals surface area (Å²) in [6.45, 7) is 0. The van der Waals surface area contributed by atoms with Gasteiger partial charge in [-0.3, -0.25) is 16.8 Å². The first kappa shape index (κ1) is 6.92. The Bertz CT molecular complexity index is 281. The molecule has 0 saturated carbocycles. The van der Waals surface area contributed by atoms with E-state index in [4.69, 9.17) is 0 Å². The lowest BCUT2D eigenvalue weighted by molar-refractivity contribution is 1.35. The maximum absolute atomic E-state index is 4.40. The summed E-state index contributed by atoms with van der Waals surface area (Å²) in [5.41, 5.74) is 1.22. The van der Waals surface area contributed by atoms with Gasteiger partial charge in [0.25, 0.3) is 0 Å². The van der Waals surface area contributed by atoms with Gasteiger partial charge in [-0.1, -0.05) is 12.1 Å². The van der Waals surface area contributed by atoms with E-state index in [9.17, 15) is 0 Å². The Morgan fingerprint density at radius 1 is 1.27 bits per heavy atom. The van der Waals surface area contributed by atoms with E-state index in [2.05, 4.69) is 35.5 Å². The number of para-hydroxylation sites is 1. The van der Waals surface area contributed by atoms with Crippen molar-refractivity contribution < 1.29 is 0 Å². The zero-order chi connectivity index (χ0) is 7.52. The molecule has 11 heavy (non-hydrogen) atoms. The molecule has 1 aliphatic heterocycles. The van der Waals surface area contributed by atoms with E-state index in [1.54, 1.807) is 0 Å². The first-order valence-electron chi connectivity index (χ1n) is 4.07. The highest BCUT2D eigenvalue weighted by Crippen LogP contribution is 2.30. The third-order valence-corrected chi connectivity index (χ3v) is 3.90. The summed E-state index contributed by atoms with van der Waals surface area (Å²) < 4.78 is 0. The van der Waals surface area contributed by atoms with E-state index in [0.29, 0.717) is 0 Å². The van der Waals surface area contributed by atoms with Crippen molar-refractivity contribution in [2.45, 2.75) is 11.3 Å². The summed E-state index contributed by atoms with van der Waals surface area (Å²) in [5, 5.41) is 0. The van der Waals surface area contributed by atoms with Crippen LogP contribution in [0.2, 0.25) is 0 Å². The summed E-state index contributed by atoms with van der Waals surface area (Å²) in [4.78, 5) is 5.93. The molecular formula is C9H13NS. The van der Waals surface area contributed by atoms with Crippen LogP contribution in [0.3, 0.4) is 0 Å². The minimum atomic E-state index is -0.00287. The third kappa shape index (κ3) is 1.46. The smallest absolute Gasteiger partial charge is 0.0725 e. The van der Waals surface area contributed by atoms with Crippen LogP contribution in [-0.4, -0.2) is 12.0 Å². The maximum Gasteiger partial charge on any atom is 0.0725 e. The van der Waals surface area contributed by atoms with E-state index in [-0.39, 0.29) is 11.8 Å². The van der Waals surface area contributed by atoms with Gasteiger partial charge in [0, 0.05) is 6.21 Å². The maximum atomic E-state index is 4.40. The molecule has 0 saturated heterocycles. The Morgan fingerprint density at radius 3 is 3.18 bits per heavy atom. The van der Waals surface area contributed by atoms with Crippen LogP contribution in [0, 0.1) is 0 Å². The second-order valence-electron chi connectivity index (χ2n) is 2.83. The van der Waals surface area contributed by atoms with Crippen molar-refractivity contribution in [3.05, 3.63) is 24.3 Å². The molecule has 0 radical (unpaired) electrons. The lowest BCUT2D eigenvalue weighted by Gasteiger charge is -2.03. The van der Waals surface area contributed by atoms with Gasteiger partial charge in [0.1, 0.15) is 0 Å². The summed E-state index contributed by atoms with van der Waals surface area (Å²) in [6.07, 6.45) is 3.24. The van der Waals surface area contributed by atoms with Gasteiger partial charge in [-0.25, -0.2) is 0 Å². The first-order valence-corrected chi connectivity index (χ1v) is 5.78. The third-order valence-electron chi connectivity index (χ3n) is 2.00. The Morgan fingerprint density at radius 2 is 2.18 bits per heavy atom. The zero-order valence-corrected chi connectivity index (χ0v) is 7.87. The lowest BCUT2D eigenvalue weighted by Crippen LogP contribution is -1.74. The van der Waals surface area contributed by atoms with Gasteiger partial charge in [-0.2, -0.15) is 0 Å². The van der Waals surface area contributed by atoms with Crippen LogP contribution in [-0.2, 0) is 0 Å². The normalized spacial score (nSPS) is 16.4. The Labute approximate surface area is 70.5 Å². The van der Waals surface area contributed by atoms with Crippen molar-refractivity contribution >= 4 is 23.7 Å². The van der Waals surface area contributed by atoms with Gasteiger partial charge >= 0.3 is 0 Å². The molecule has 1 aromatic carbocycles. The average Bonchev–Trinajstić information content (AvgIpc) is 2.28. The van der Waals surface area contributed by atoms with Gasteiger partial charge in [0.15, 0.2) is 0 Å². The van der Waals surface area contributed by atoms with Crippen LogP contribution in [0.25, 0.3) is 0 Å². The lowest BCUT2D eigenvalue weighted by atomic mass is 10.3. The molecule has 0 aromatic heterocycles. The number of fused-ring (bicyclic) bond motifs is 1. The SMILES string of the molecule is C1=Nc2ccccc2[SH4]CC1. The predicted octanol–water partition coefficient (Wildman–Crippen LogP) is 1.81. The van der Waals surface area contributed by atoms with Crippen molar-refractivity contribution in [3.63, 3.8) is 0 Å². The largest absolute Gasteiger partial charge is 0.286 e. The van der Waals surface area contributed by atoms with Gasteiger partial charge < -0.3 is 0 Å². The number of benzene rings is 1. The van der Waals surface area contributed by atoms with Crippen LogP contribution in [0.15, 0.2) is 34.2 Å². The molecule has 0 fully saturated rings. The molecule has 1 heterocycles. The fourth-order valence-electron chi connectivity index (χ4n) is 1.39. The van der Waals surface area contributed by atoms with Gasteiger partial charge in [0.05, 0.1) is 5.69 Å². The molecule has 0 N–H and O–H groups in total. The van der Waals surface area contributed by atoms with Gasteiger partial charge in [0.2, 0.25) is 0 Å². The van der Waals surface area contributed by atoms with Crippen LogP contribution in [0.4, 0.5) is 5.69 Å². The fraction of sp³-hybridized carbons (Fsp3) is 0.222. The predicted molar refractivity (Wildman–Crippen MR) is 55.5 cm³/mol. The number of hydrogen-bond acceptors (Lipinski definition) is 1. The van der Waals surface area contributed by atoms with Crippen LogP contribution < -0.4 is 0 Å². The van der Waals surface area contributed by atoms with Crippen molar-refractivity contribution in [3.8, 4) is 0 Å². The molecule has 2 heteroatoms. The molecule has 0 aliphatic carbocycles.